The number of aromatic nitrogens is 1. The van der Waals surface area contributed by atoms with Crippen LogP contribution in [0.1, 0.15) is 26.3 Å². The molecule has 0 saturated heterocycles. The van der Waals surface area contributed by atoms with Crippen molar-refractivity contribution in [2.24, 2.45) is 0 Å². The smallest absolute Gasteiger partial charge is 0.337 e. The fourth-order valence-electron chi connectivity index (χ4n) is 2.47. The van der Waals surface area contributed by atoms with E-state index in [2.05, 4.69) is 4.98 Å². The van der Waals surface area contributed by atoms with Gasteiger partial charge in [-0.15, -0.1) is 0 Å². The molecule has 0 amide bonds. The molecule has 0 fully saturated rings. The fourth-order valence-corrected chi connectivity index (χ4v) is 2.67. The van der Waals surface area contributed by atoms with Crippen LogP contribution >= 0.6 is 11.6 Å². The Morgan fingerprint density at radius 2 is 1.87 bits per heavy atom. The van der Waals surface area contributed by atoms with Crippen molar-refractivity contribution >= 4 is 34.3 Å². The molecule has 0 unspecified atom stereocenters. The molecule has 0 aliphatic heterocycles. The van der Waals surface area contributed by atoms with Gasteiger partial charge < -0.3 is 5.11 Å². The highest BCUT2D eigenvalue weighted by molar-refractivity contribution is 6.33. The van der Waals surface area contributed by atoms with Crippen LogP contribution in [0.3, 0.4) is 0 Å². The van der Waals surface area contributed by atoms with Gasteiger partial charge in [0.15, 0.2) is 5.78 Å². The maximum Gasteiger partial charge on any atom is 0.337 e. The zero-order valence-electron chi connectivity index (χ0n) is 12.0. The van der Waals surface area contributed by atoms with Gasteiger partial charge in [-0.3, -0.25) is 9.78 Å². The van der Waals surface area contributed by atoms with Crippen molar-refractivity contribution in [3.8, 4) is 0 Å². The number of carbonyl (C=O) groups excluding carboxylic acids is 1. The summed E-state index contributed by atoms with van der Waals surface area (Å²) < 4.78 is 0. The van der Waals surface area contributed by atoms with E-state index in [1.165, 1.54) is 12.1 Å². The fraction of sp³-hybridized carbons (Fsp3) is 0.0556. The maximum atomic E-state index is 12.6. The summed E-state index contributed by atoms with van der Waals surface area (Å²) in [5.74, 6) is -1.21. The quantitative estimate of drug-likeness (QED) is 0.736. The van der Waals surface area contributed by atoms with Crippen LogP contribution in [0.25, 0.3) is 10.9 Å². The third kappa shape index (κ3) is 3.07. The normalized spacial score (nSPS) is 10.7. The molecule has 0 atom stereocenters. The number of benzene rings is 2. The van der Waals surface area contributed by atoms with Crippen LogP contribution in [0.2, 0.25) is 5.02 Å². The van der Waals surface area contributed by atoms with Gasteiger partial charge in [-0.05, 0) is 29.8 Å². The summed E-state index contributed by atoms with van der Waals surface area (Å²) in [6.07, 6.45) is 1.78. The number of halogens is 1. The number of fused-ring (bicyclic) bond motifs is 1. The minimum absolute atomic E-state index is 0.00319. The summed E-state index contributed by atoms with van der Waals surface area (Å²) >= 11 is 5.85. The Bertz CT molecular complexity index is 916. The summed E-state index contributed by atoms with van der Waals surface area (Å²) in [7, 11) is 0. The number of ketones is 1. The Labute approximate surface area is 137 Å². The summed E-state index contributed by atoms with van der Waals surface area (Å²) in [6, 6.07) is 13.6. The van der Waals surface area contributed by atoms with E-state index in [0.29, 0.717) is 11.1 Å². The minimum Gasteiger partial charge on any atom is -0.478 e. The zero-order valence-corrected chi connectivity index (χ0v) is 12.7. The van der Waals surface area contributed by atoms with Gasteiger partial charge in [0.25, 0.3) is 0 Å². The van der Waals surface area contributed by atoms with Crippen LogP contribution in [-0.4, -0.2) is 21.8 Å². The minimum atomic E-state index is -1.11. The van der Waals surface area contributed by atoms with E-state index >= 15 is 0 Å². The van der Waals surface area contributed by atoms with E-state index in [0.717, 1.165) is 10.9 Å². The van der Waals surface area contributed by atoms with Crippen LogP contribution in [0.4, 0.5) is 0 Å². The van der Waals surface area contributed by atoms with Crippen LogP contribution in [0, 0.1) is 0 Å². The lowest BCUT2D eigenvalue weighted by atomic mass is 9.98. The predicted octanol–water partition coefficient (Wildman–Crippen LogP) is 4.01. The molecule has 5 heteroatoms. The van der Waals surface area contributed by atoms with Crippen molar-refractivity contribution in [3.63, 3.8) is 0 Å². The predicted molar refractivity (Wildman–Crippen MR) is 88.2 cm³/mol. The Kier molecular flexibility index (Phi) is 4.08. The van der Waals surface area contributed by atoms with Gasteiger partial charge >= 0.3 is 5.97 Å². The third-order valence-corrected chi connectivity index (χ3v) is 3.90. The van der Waals surface area contributed by atoms with Gasteiger partial charge in [-0.2, -0.15) is 0 Å². The molecule has 1 aromatic heterocycles. The van der Waals surface area contributed by atoms with E-state index in [9.17, 15) is 9.59 Å². The average Bonchev–Trinajstić information content (AvgIpc) is 2.55. The van der Waals surface area contributed by atoms with Gasteiger partial charge in [0, 0.05) is 23.6 Å². The maximum absolute atomic E-state index is 12.6. The van der Waals surface area contributed by atoms with Gasteiger partial charge in [-0.25, -0.2) is 4.79 Å². The number of carboxylic acid groups (broad SMARTS) is 1. The largest absolute Gasteiger partial charge is 0.478 e. The number of aromatic carboxylic acids is 1. The van der Waals surface area contributed by atoms with Crippen LogP contribution < -0.4 is 0 Å². The number of nitrogens with zero attached hydrogens (tertiary/aromatic N) is 1. The molecule has 2 aromatic carbocycles. The molecular formula is C18H12ClNO3. The average molecular weight is 326 g/mol. The highest BCUT2D eigenvalue weighted by atomic mass is 35.5. The van der Waals surface area contributed by atoms with Gasteiger partial charge in [0.1, 0.15) is 0 Å². The number of hydrogen-bond donors (Lipinski definition) is 1. The van der Waals surface area contributed by atoms with Crippen molar-refractivity contribution in [2.45, 2.75) is 6.42 Å². The van der Waals surface area contributed by atoms with Crippen molar-refractivity contribution in [2.75, 3.05) is 0 Å². The Balaban J connectivity index is 1.95. The van der Waals surface area contributed by atoms with E-state index in [1.807, 2.05) is 12.1 Å². The van der Waals surface area contributed by atoms with Gasteiger partial charge in [0.2, 0.25) is 0 Å². The van der Waals surface area contributed by atoms with Crippen LogP contribution in [0.5, 0.6) is 0 Å². The SMILES string of the molecule is O=C(O)c1cc(CC(=O)c2cccc3ncccc23)ccc1Cl. The number of carboxylic acids is 1. The first-order chi connectivity index (χ1) is 11.1. The molecule has 0 aliphatic rings. The molecule has 0 bridgehead atoms. The van der Waals surface area contributed by atoms with E-state index in [4.69, 9.17) is 16.7 Å². The molecule has 4 nitrogen and oxygen atoms in total. The summed E-state index contributed by atoms with van der Waals surface area (Å²) in [6.45, 7) is 0. The monoisotopic (exact) mass is 325 g/mol. The second kappa shape index (κ2) is 6.18. The van der Waals surface area contributed by atoms with E-state index in [1.54, 1.807) is 30.5 Å². The number of carbonyl (C=O) groups is 2. The molecule has 0 saturated carbocycles. The molecule has 3 rings (SSSR count). The number of Topliss-reactive ketones (excluding diaryl/α,β-unsaturated/α-hetero) is 1. The highest BCUT2D eigenvalue weighted by Gasteiger charge is 2.14. The third-order valence-electron chi connectivity index (χ3n) is 3.57. The molecule has 0 spiro atoms. The van der Waals surface area contributed by atoms with E-state index in [-0.39, 0.29) is 22.8 Å². The number of hydrogen-bond acceptors (Lipinski definition) is 3. The second-order valence-electron chi connectivity index (χ2n) is 5.09. The Hall–Kier alpha value is -2.72. The van der Waals surface area contributed by atoms with Gasteiger partial charge in [0.05, 0.1) is 16.1 Å². The molecule has 3 aromatic rings. The second-order valence-corrected chi connectivity index (χ2v) is 5.50. The first-order valence-corrected chi connectivity index (χ1v) is 7.33. The number of pyridine rings is 1. The first kappa shape index (κ1) is 15.2. The van der Waals surface area contributed by atoms with Crippen molar-refractivity contribution in [1.82, 2.24) is 4.98 Å². The summed E-state index contributed by atoms with van der Waals surface area (Å²) in [5.41, 5.74) is 1.93. The lowest BCUT2D eigenvalue weighted by Crippen LogP contribution is -2.06. The van der Waals surface area contributed by atoms with E-state index < -0.39 is 5.97 Å². The Morgan fingerprint density at radius 1 is 1.04 bits per heavy atom. The molecule has 0 aliphatic carbocycles. The standard InChI is InChI=1S/C18H12ClNO3/c19-15-7-6-11(9-14(15)18(22)23)10-17(21)13-3-1-5-16-12(13)4-2-8-20-16/h1-9H,10H2,(H,22,23). The molecule has 0 radical (unpaired) electrons. The molecular weight excluding hydrogens is 314 g/mol. The van der Waals surface area contributed by atoms with Gasteiger partial charge in [-0.1, -0.05) is 35.9 Å². The summed E-state index contributed by atoms with van der Waals surface area (Å²) in [4.78, 5) is 27.9. The summed E-state index contributed by atoms with van der Waals surface area (Å²) in [5, 5.41) is 10.0. The molecule has 23 heavy (non-hydrogen) atoms. The van der Waals surface area contributed by atoms with Crippen LogP contribution in [0.15, 0.2) is 54.7 Å². The van der Waals surface area contributed by atoms with Crippen molar-refractivity contribution in [3.05, 3.63) is 76.4 Å². The van der Waals surface area contributed by atoms with Crippen molar-refractivity contribution < 1.29 is 14.7 Å². The highest BCUT2D eigenvalue weighted by Crippen LogP contribution is 2.21. The lowest BCUT2D eigenvalue weighted by Gasteiger charge is -2.07. The number of rotatable bonds is 4. The molecule has 1 heterocycles. The lowest BCUT2D eigenvalue weighted by molar-refractivity contribution is 0.0696. The molecule has 1 N–H and O–H groups in total. The topological polar surface area (TPSA) is 67.3 Å². The van der Waals surface area contributed by atoms with Crippen molar-refractivity contribution in [1.29, 1.82) is 0 Å². The van der Waals surface area contributed by atoms with Crippen LogP contribution in [-0.2, 0) is 6.42 Å². The Morgan fingerprint density at radius 3 is 2.65 bits per heavy atom. The first-order valence-electron chi connectivity index (χ1n) is 6.95. The zero-order chi connectivity index (χ0) is 16.4. The molecule has 114 valence electrons.